The summed E-state index contributed by atoms with van der Waals surface area (Å²) in [7, 11) is -3.64. The normalized spacial score (nSPS) is 19.1. The molecule has 2 fully saturated rings. The molecule has 1 aliphatic heterocycles. The molecule has 0 atom stereocenters. The van der Waals surface area contributed by atoms with Crippen LogP contribution < -0.4 is 5.32 Å². The van der Waals surface area contributed by atoms with Crippen molar-refractivity contribution < 1.29 is 22.7 Å². The van der Waals surface area contributed by atoms with E-state index in [4.69, 9.17) is 4.74 Å². The first-order chi connectivity index (χ1) is 13.4. The molecule has 3 rings (SSSR count). The Bertz CT molecular complexity index is 894. The molecule has 1 amide bonds. The van der Waals surface area contributed by atoms with Gasteiger partial charge in [0.15, 0.2) is 6.61 Å². The van der Waals surface area contributed by atoms with E-state index >= 15 is 0 Å². The second kappa shape index (κ2) is 8.29. The van der Waals surface area contributed by atoms with Crippen LogP contribution in [0.1, 0.15) is 48.9 Å². The number of sulfonamides is 1. The van der Waals surface area contributed by atoms with Gasteiger partial charge in [0.25, 0.3) is 5.91 Å². The molecule has 2 aliphatic rings. The number of hydrogen-bond donors (Lipinski definition) is 1. The lowest BCUT2D eigenvalue weighted by Gasteiger charge is -2.21. The molecule has 28 heavy (non-hydrogen) atoms. The lowest BCUT2D eigenvalue weighted by atomic mass is 10.00. The van der Waals surface area contributed by atoms with Gasteiger partial charge in [-0.25, -0.2) is 13.2 Å². The number of nitriles is 1. The maximum Gasteiger partial charge on any atom is 0.338 e. The molecule has 0 unspecified atom stereocenters. The van der Waals surface area contributed by atoms with Crippen LogP contribution >= 0.6 is 0 Å². The van der Waals surface area contributed by atoms with Crippen LogP contribution in [0.3, 0.4) is 0 Å². The second-order valence-corrected chi connectivity index (χ2v) is 9.10. The number of esters is 1. The maximum atomic E-state index is 12.6. The first-order valence-electron chi connectivity index (χ1n) is 9.36. The molecule has 1 N–H and O–H groups in total. The van der Waals surface area contributed by atoms with Gasteiger partial charge in [-0.15, -0.1) is 0 Å². The molecule has 0 radical (unpaired) electrons. The van der Waals surface area contributed by atoms with Crippen LogP contribution in [0.4, 0.5) is 0 Å². The number of nitrogens with one attached hydrogen (secondary N) is 1. The summed E-state index contributed by atoms with van der Waals surface area (Å²) in [5.74, 6) is -1.33. The van der Waals surface area contributed by atoms with Gasteiger partial charge in [-0.3, -0.25) is 4.79 Å². The highest BCUT2D eigenvalue weighted by Crippen LogP contribution is 2.28. The lowest BCUT2D eigenvalue weighted by molar-refractivity contribution is -0.125. The number of rotatable bonds is 6. The molecule has 1 saturated heterocycles. The Labute approximate surface area is 164 Å². The van der Waals surface area contributed by atoms with Crippen molar-refractivity contribution in [2.45, 2.75) is 49.0 Å². The molecule has 0 spiro atoms. The van der Waals surface area contributed by atoms with E-state index in [-0.39, 0.29) is 10.5 Å². The van der Waals surface area contributed by atoms with E-state index in [2.05, 4.69) is 11.4 Å². The minimum Gasteiger partial charge on any atom is -0.452 e. The maximum absolute atomic E-state index is 12.6. The molecule has 1 aliphatic carbocycles. The first kappa shape index (κ1) is 20.3. The van der Waals surface area contributed by atoms with Crippen molar-refractivity contribution in [3.05, 3.63) is 29.8 Å². The predicted octanol–water partition coefficient (Wildman–Crippen LogP) is 1.58. The summed E-state index contributed by atoms with van der Waals surface area (Å²) in [6.45, 7) is 0.418. The smallest absolute Gasteiger partial charge is 0.338 e. The average molecular weight is 405 g/mol. The number of ether oxygens (including phenoxy) is 1. The number of hydrogen-bond acceptors (Lipinski definition) is 6. The van der Waals surface area contributed by atoms with Gasteiger partial charge in [0.2, 0.25) is 10.0 Å². The van der Waals surface area contributed by atoms with Gasteiger partial charge < -0.3 is 10.1 Å². The topological polar surface area (TPSA) is 117 Å². The van der Waals surface area contributed by atoms with Crippen molar-refractivity contribution in [1.29, 1.82) is 5.26 Å². The van der Waals surface area contributed by atoms with Crippen molar-refractivity contribution in [3.63, 3.8) is 0 Å². The van der Waals surface area contributed by atoms with Gasteiger partial charge in [0, 0.05) is 13.1 Å². The third-order valence-electron chi connectivity index (χ3n) is 5.16. The molecule has 1 aromatic rings. The summed E-state index contributed by atoms with van der Waals surface area (Å²) in [4.78, 5) is 24.3. The SMILES string of the molecule is N#CC1(NC(=O)COC(=O)c2cccc(S(=O)(=O)N3CCCC3)c2)CCCC1. The zero-order valence-electron chi connectivity index (χ0n) is 15.5. The van der Waals surface area contributed by atoms with E-state index < -0.39 is 34.0 Å². The van der Waals surface area contributed by atoms with Gasteiger partial charge in [0.1, 0.15) is 5.54 Å². The first-order valence-corrected chi connectivity index (χ1v) is 10.8. The molecule has 1 aromatic carbocycles. The van der Waals surface area contributed by atoms with Gasteiger partial charge in [-0.2, -0.15) is 9.57 Å². The Balaban J connectivity index is 1.62. The largest absolute Gasteiger partial charge is 0.452 e. The Kier molecular flexibility index (Phi) is 6.01. The Morgan fingerprint density at radius 2 is 1.86 bits per heavy atom. The Morgan fingerprint density at radius 3 is 2.50 bits per heavy atom. The molecule has 1 heterocycles. The highest BCUT2D eigenvalue weighted by Gasteiger charge is 2.35. The van der Waals surface area contributed by atoms with Crippen LogP contribution in [-0.2, 0) is 19.6 Å². The quantitative estimate of drug-likeness (QED) is 0.718. The van der Waals surface area contributed by atoms with Gasteiger partial charge in [-0.05, 0) is 56.7 Å². The lowest BCUT2D eigenvalue weighted by Crippen LogP contribution is -2.46. The van der Waals surface area contributed by atoms with Crippen LogP contribution in [0, 0.1) is 11.3 Å². The van der Waals surface area contributed by atoms with E-state index in [1.54, 1.807) is 0 Å². The number of benzene rings is 1. The van der Waals surface area contributed by atoms with Crippen LogP contribution in [0.15, 0.2) is 29.2 Å². The monoisotopic (exact) mass is 405 g/mol. The highest BCUT2D eigenvalue weighted by atomic mass is 32.2. The molecule has 0 aromatic heterocycles. The van der Waals surface area contributed by atoms with Crippen LogP contribution in [0.2, 0.25) is 0 Å². The van der Waals surface area contributed by atoms with Crippen molar-refractivity contribution in [3.8, 4) is 6.07 Å². The van der Waals surface area contributed by atoms with Gasteiger partial charge in [-0.1, -0.05) is 6.07 Å². The Hall–Kier alpha value is -2.44. The van der Waals surface area contributed by atoms with Crippen molar-refractivity contribution in [2.75, 3.05) is 19.7 Å². The molecule has 9 heteroatoms. The fraction of sp³-hybridized carbons (Fsp3) is 0.526. The second-order valence-electron chi connectivity index (χ2n) is 7.16. The van der Waals surface area contributed by atoms with Gasteiger partial charge in [0.05, 0.1) is 16.5 Å². The van der Waals surface area contributed by atoms with E-state index in [1.165, 1.54) is 28.6 Å². The van der Waals surface area contributed by atoms with Crippen molar-refractivity contribution >= 4 is 21.9 Å². The average Bonchev–Trinajstić information content (AvgIpc) is 3.39. The van der Waals surface area contributed by atoms with Crippen molar-refractivity contribution in [1.82, 2.24) is 9.62 Å². The number of carbonyl (C=O) groups is 2. The van der Waals surface area contributed by atoms with E-state index in [0.717, 1.165) is 25.7 Å². The highest BCUT2D eigenvalue weighted by molar-refractivity contribution is 7.89. The molecule has 8 nitrogen and oxygen atoms in total. The molecular weight excluding hydrogens is 382 g/mol. The Morgan fingerprint density at radius 1 is 1.18 bits per heavy atom. The number of carbonyl (C=O) groups excluding carboxylic acids is 2. The van der Waals surface area contributed by atoms with Crippen LogP contribution in [0.25, 0.3) is 0 Å². The van der Waals surface area contributed by atoms with Crippen LogP contribution in [0.5, 0.6) is 0 Å². The van der Waals surface area contributed by atoms with Crippen LogP contribution in [-0.4, -0.2) is 49.8 Å². The zero-order chi connectivity index (χ0) is 20.2. The minimum atomic E-state index is -3.64. The summed E-state index contributed by atoms with van der Waals surface area (Å²) in [6.07, 6.45) is 4.54. The van der Waals surface area contributed by atoms with Crippen molar-refractivity contribution in [2.24, 2.45) is 0 Å². The summed E-state index contributed by atoms with van der Waals surface area (Å²) in [5.41, 5.74) is -0.823. The summed E-state index contributed by atoms with van der Waals surface area (Å²) in [6, 6.07) is 7.76. The zero-order valence-corrected chi connectivity index (χ0v) is 16.3. The summed E-state index contributed by atoms with van der Waals surface area (Å²) in [5, 5.41) is 11.9. The summed E-state index contributed by atoms with van der Waals surface area (Å²) >= 11 is 0. The number of amides is 1. The third kappa shape index (κ3) is 4.34. The van der Waals surface area contributed by atoms with E-state index in [0.29, 0.717) is 25.9 Å². The molecule has 150 valence electrons. The number of nitrogens with zero attached hydrogens (tertiary/aromatic N) is 2. The summed E-state index contributed by atoms with van der Waals surface area (Å²) < 4.78 is 31.6. The molecular formula is C19H23N3O5S. The molecule has 0 bridgehead atoms. The minimum absolute atomic E-state index is 0.0303. The standard InChI is InChI=1S/C19H23N3O5S/c20-14-19(8-1-2-9-19)21-17(23)13-27-18(24)15-6-5-7-16(12-15)28(25,26)22-10-3-4-11-22/h5-7,12H,1-4,8-11,13H2,(H,21,23). The van der Waals surface area contributed by atoms with E-state index in [9.17, 15) is 23.3 Å². The molecule has 1 saturated carbocycles. The predicted molar refractivity (Wildman–Crippen MR) is 99.7 cm³/mol. The fourth-order valence-corrected chi connectivity index (χ4v) is 5.19. The van der Waals surface area contributed by atoms with Gasteiger partial charge >= 0.3 is 5.97 Å². The fourth-order valence-electron chi connectivity index (χ4n) is 3.62. The van der Waals surface area contributed by atoms with E-state index in [1.807, 2.05) is 0 Å². The third-order valence-corrected chi connectivity index (χ3v) is 7.05.